The molecule has 1 unspecified atom stereocenters. The Kier molecular flexibility index (Phi) is 5.52. The van der Waals surface area contributed by atoms with Crippen molar-refractivity contribution in [3.05, 3.63) is 29.6 Å². The summed E-state index contributed by atoms with van der Waals surface area (Å²) in [5.41, 5.74) is 6.10. The van der Waals surface area contributed by atoms with E-state index in [-0.39, 0.29) is 22.4 Å². The standard InChI is InChI=1S/C18H19BrFN5O2S/c19-11-6-22-15(23-7-11)16(26)24-12-1-2-14(20)13(5-12)18-3-4-27-8-10(18)9-28-17(21)25-18/h1-2,5-6,10-11H,3-4,7-9H2,(H2,21,25)(H,24,26)/t10-,11?,18-/m0/s1. The van der Waals surface area contributed by atoms with Gasteiger partial charge < -0.3 is 15.8 Å². The van der Waals surface area contributed by atoms with Crippen LogP contribution >= 0.6 is 27.7 Å². The molecule has 0 saturated carbocycles. The zero-order chi connectivity index (χ0) is 19.7. The lowest BCUT2D eigenvalue weighted by molar-refractivity contribution is -0.110. The van der Waals surface area contributed by atoms with Crippen molar-refractivity contribution in [2.45, 2.75) is 16.8 Å². The van der Waals surface area contributed by atoms with Crippen molar-refractivity contribution in [1.82, 2.24) is 0 Å². The third-order valence-electron chi connectivity index (χ3n) is 5.03. The number of nitrogens with one attached hydrogen (secondary N) is 1. The molecule has 1 fully saturated rings. The highest BCUT2D eigenvalue weighted by molar-refractivity contribution is 9.10. The summed E-state index contributed by atoms with van der Waals surface area (Å²) < 4.78 is 20.5. The fraction of sp³-hybridized carbons (Fsp3) is 0.444. The Hall–Kier alpha value is -1.78. The average molecular weight is 468 g/mol. The molecule has 7 nitrogen and oxygen atoms in total. The van der Waals surface area contributed by atoms with Gasteiger partial charge in [0.25, 0.3) is 5.91 Å². The molecule has 0 aromatic heterocycles. The monoisotopic (exact) mass is 467 g/mol. The number of hydrogen-bond donors (Lipinski definition) is 2. The van der Waals surface area contributed by atoms with Crippen LogP contribution in [0.2, 0.25) is 0 Å². The summed E-state index contributed by atoms with van der Waals surface area (Å²) in [6.07, 6.45) is 2.16. The van der Waals surface area contributed by atoms with E-state index in [1.807, 2.05) is 0 Å². The van der Waals surface area contributed by atoms with Crippen LogP contribution in [0.15, 0.2) is 33.2 Å². The van der Waals surface area contributed by atoms with Gasteiger partial charge in [0.15, 0.2) is 5.17 Å². The van der Waals surface area contributed by atoms with Crippen molar-refractivity contribution in [3.63, 3.8) is 0 Å². The number of carbonyl (C=O) groups is 1. The number of nitrogens with two attached hydrogens (primary N) is 1. The Morgan fingerprint density at radius 1 is 1.46 bits per heavy atom. The third-order valence-corrected chi connectivity index (χ3v) is 6.51. The van der Waals surface area contributed by atoms with Gasteiger partial charge in [-0.2, -0.15) is 0 Å². The number of rotatable bonds is 3. The van der Waals surface area contributed by atoms with E-state index in [1.165, 1.54) is 23.9 Å². The second-order valence-electron chi connectivity index (χ2n) is 6.81. The maximum Gasteiger partial charge on any atom is 0.293 e. The lowest BCUT2D eigenvalue weighted by Gasteiger charge is -2.44. The molecule has 3 heterocycles. The maximum absolute atomic E-state index is 14.9. The van der Waals surface area contributed by atoms with Crippen LogP contribution in [0.3, 0.4) is 0 Å². The predicted molar refractivity (Wildman–Crippen MR) is 113 cm³/mol. The summed E-state index contributed by atoms with van der Waals surface area (Å²) >= 11 is 4.82. The molecule has 10 heteroatoms. The van der Waals surface area contributed by atoms with Crippen LogP contribution in [0.25, 0.3) is 0 Å². The van der Waals surface area contributed by atoms with Crippen molar-refractivity contribution in [2.75, 3.05) is 30.8 Å². The van der Waals surface area contributed by atoms with Gasteiger partial charge in [0, 0.05) is 42.2 Å². The summed E-state index contributed by atoms with van der Waals surface area (Å²) in [5.74, 6) is 0.0204. The zero-order valence-electron chi connectivity index (χ0n) is 14.9. The van der Waals surface area contributed by atoms with E-state index in [0.29, 0.717) is 48.4 Å². The Morgan fingerprint density at radius 3 is 3.11 bits per heavy atom. The SMILES string of the molecule is NC1=N[C@@]2(c3cc(NC(=O)C4=NCC(Br)C=N4)ccc3F)CCOC[C@H]2CS1. The largest absolute Gasteiger partial charge is 0.381 e. The first-order valence-corrected chi connectivity index (χ1v) is 10.8. The summed E-state index contributed by atoms with van der Waals surface area (Å²) in [7, 11) is 0. The van der Waals surface area contributed by atoms with E-state index >= 15 is 0 Å². The molecule has 0 radical (unpaired) electrons. The lowest BCUT2D eigenvalue weighted by atomic mass is 9.75. The highest BCUT2D eigenvalue weighted by Gasteiger charge is 2.47. The number of anilines is 1. The first-order valence-electron chi connectivity index (χ1n) is 8.88. The van der Waals surface area contributed by atoms with Gasteiger partial charge in [-0.3, -0.25) is 14.8 Å². The minimum absolute atomic E-state index is 0.0159. The van der Waals surface area contributed by atoms with E-state index in [2.05, 4.69) is 36.2 Å². The van der Waals surface area contributed by atoms with Gasteiger partial charge in [-0.1, -0.05) is 27.7 Å². The number of aliphatic imine (C=N–C) groups is 3. The second-order valence-corrected chi connectivity index (χ2v) is 9.03. The molecular weight excluding hydrogens is 449 g/mol. The van der Waals surface area contributed by atoms with Crippen LogP contribution in [0.1, 0.15) is 12.0 Å². The van der Waals surface area contributed by atoms with Crippen LogP contribution in [-0.2, 0) is 15.1 Å². The minimum atomic E-state index is -0.776. The van der Waals surface area contributed by atoms with Crippen LogP contribution < -0.4 is 11.1 Å². The number of benzene rings is 1. The molecule has 1 aromatic rings. The van der Waals surface area contributed by atoms with Crippen molar-refractivity contribution in [3.8, 4) is 0 Å². The molecule has 148 valence electrons. The van der Waals surface area contributed by atoms with E-state index in [0.717, 1.165) is 0 Å². The molecule has 1 saturated heterocycles. The number of ether oxygens (including phenoxy) is 1. The number of nitrogens with zero attached hydrogens (tertiary/aromatic N) is 3. The number of hydrogen-bond acceptors (Lipinski definition) is 7. The fourth-order valence-corrected chi connectivity index (χ4v) is 4.86. The number of thioether (sulfide) groups is 1. The van der Waals surface area contributed by atoms with Gasteiger partial charge in [-0.15, -0.1) is 0 Å². The molecule has 28 heavy (non-hydrogen) atoms. The van der Waals surface area contributed by atoms with E-state index in [1.54, 1.807) is 12.3 Å². The summed E-state index contributed by atoms with van der Waals surface area (Å²) in [4.78, 5) is 25.3. The second kappa shape index (κ2) is 7.92. The van der Waals surface area contributed by atoms with Gasteiger partial charge in [-0.25, -0.2) is 9.38 Å². The van der Waals surface area contributed by atoms with Gasteiger partial charge in [0.1, 0.15) is 5.82 Å². The Bertz CT molecular complexity index is 893. The molecule has 1 amide bonds. The van der Waals surface area contributed by atoms with Gasteiger partial charge in [-0.05, 0) is 18.2 Å². The van der Waals surface area contributed by atoms with Crippen LogP contribution in [0.5, 0.6) is 0 Å². The van der Waals surface area contributed by atoms with Crippen molar-refractivity contribution in [2.24, 2.45) is 26.6 Å². The van der Waals surface area contributed by atoms with Crippen LogP contribution in [0, 0.1) is 11.7 Å². The molecule has 1 aromatic carbocycles. The quantitative estimate of drug-likeness (QED) is 0.665. The van der Waals surface area contributed by atoms with E-state index in [9.17, 15) is 9.18 Å². The maximum atomic E-state index is 14.9. The highest BCUT2D eigenvalue weighted by atomic mass is 79.9. The minimum Gasteiger partial charge on any atom is -0.381 e. The summed E-state index contributed by atoms with van der Waals surface area (Å²) in [6, 6.07) is 4.51. The average Bonchev–Trinajstić information content (AvgIpc) is 2.69. The van der Waals surface area contributed by atoms with Crippen LogP contribution in [-0.4, -0.2) is 53.5 Å². The number of fused-ring (bicyclic) bond motifs is 1. The molecular formula is C18H19BrFN5O2S. The Balaban J connectivity index is 1.65. The van der Waals surface area contributed by atoms with Gasteiger partial charge >= 0.3 is 0 Å². The van der Waals surface area contributed by atoms with Crippen molar-refractivity contribution in [1.29, 1.82) is 0 Å². The number of halogens is 2. The van der Waals surface area contributed by atoms with E-state index in [4.69, 9.17) is 10.5 Å². The molecule has 3 N–H and O–H groups in total. The number of amides is 1. The number of carbonyl (C=O) groups excluding carboxylic acids is 1. The molecule has 0 spiro atoms. The molecule has 3 aliphatic rings. The Morgan fingerprint density at radius 2 is 2.32 bits per heavy atom. The molecule has 3 atom stereocenters. The molecule has 0 aliphatic carbocycles. The topological polar surface area (TPSA) is 101 Å². The number of alkyl halides is 1. The van der Waals surface area contributed by atoms with Crippen molar-refractivity contribution >= 4 is 56.5 Å². The number of amidine groups is 2. The fourth-order valence-electron chi connectivity index (χ4n) is 3.62. The van der Waals surface area contributed by atoms with Gasteiger partial charge in [0.2, 0.25) is 5.84 Å². The van der Waals surface area contributed by atoms with E-state index < -0.39 is 11.4 Å². The molecule has 3 aliphatic heterocycles. The molecule has 4 rings (SSSR count). The summed E-state index contributed by atoms with van der Waals surface area (Å²) in [5, 5.41) is 3.20. The smallest absolute Gasteiger partial charge is 0.293 e. The van der Waals surface area contributed by atoms with Crippen LogP contribution in [0.4, 0.5) is 10.1 Å². The van der Waals surface area contributed by atoms with Gasteiger partial charge in [0.05, 0.1) is 23.5 Å². The zero-order valence-corrected chi connectivity index (χ0v) is 17.3. The predicted octanol–water partition coefficient (Wildman–Crippen LogP) is 2.30. The lowest BCUT2D eigenvalue weighted by Crippen LogP contribution is -2.47. The first kappa shape index (κ1) is 19.5. The molecule has 0 bridgehead atoms. The van der Waals surface area contributed by atoms with Crippen molar-refractivity contribution < 1.29 is 13.9 Å². The third kappa shape index (κ3) is 3.72. The Labute approximate surface area is 174 Å². The first-order chi connectivity index (χ1) is 13.5. The normalized spacial score (nSPS) is 29.5. The highest BCUT2D eigenvalue weighted by Crippen LogP contribution is 2.46. The summed E-state index contributed by atoms with van der Waals surface area (Å²) in [6.45, 7) is 1.42.